The second kappa shape index (κ2) is 7.57. The third kappa shape index (κ3) is 4.81. The molecule has 0 saturated carbocycles. The first-order chi connectivity index (χ1) is 8.61. The molecule has 1 rings (SSSR count). The van der Waals surface area contributed by atoms with Crippen LogP contribution in [0.3, 0.4) is 0 Å². The highest BCUT2D eigenvalue weighted by atomic mass is 31.2. The van der Waals surface area contributed by atoms with E-state index >= 15 is 0 Å². The Balaban J connectivity index is 2.49. The summed E-state index contributed by atoms with van der Waals surface area (Å²) in [6, 6.07) is 7.17. The van der Waals surface area contributed by atoms with E-state index in [0.29, 0.717) is 32.2 Å². The minimum atomic E-state index is -2.95. The van der Waals surface area contributed by atoms with Gasteiger partial charge in [0.2, 0.25) is 0 Å². The van der Waals surface area contributed by atoms with Gasteiger partial charge in [0.15, 0.2) is 0 Å². The minimum absolute atomic E-state index is 0.278. The van der Waals surface area contributed by atoms with Gasteiger partial charge in [-0.1, -0.05) is 18.2 Å². The molecule has 102 valence electrons. The van der Waals surface area contributed by atoms with Crippen molar-refractivity contribution in [2.24, 2.45) is 0 Å². The first kappa shape index (κ1) is 15.2. The Bertz CT molecular complexity index is 396. The van der Waals surface area contributed by atoms with Crippen molar-refractivity contribution in [1.29, 1.82) is 0 Å². The fourth-order valence-electron chi connectivity index (χ4n) is 1.75. The SMILES string of the molecule is CCOP(=O)(CCCc1ccccc1O)OCC. The van der Waals surface area contributed by atoms with Gasteiger partial charge in [-0.15, -0.1) is 0 Å². The molecule has 0 fully saturated rings. The summed E-state index contributed by atoms with van der Waals surface area (Å²) in [6.07, 6.45) is 1.70. The molecule has 0 saturated heterocycles. The average Bonchev–Trinajstić information content (AvgIpc) is 2.32. The summed E-state index contributed by atoms with van der Waals surface area (Å²) in [4.78, 5) is 0. The Hall–Kier alpha value is -0.830. The van der Waals surface area contributed by atoms with Crippen molar-refractivity contribution in [2.45, 2.75) is 26.7 Å². The van der Waals surface area contributed by atoms with E-state index in [0.717, 1.165) is 5.56 Å². The lowest BCUT2D eigenvalue weighted by Gasteiger charge is -2.16. The summed E-state index contributed by atoms with van der Waals surface area (Å²) < 4.78 is 22.6. The van der Waals surface area contributed by atoms with Crippen LogP contribution in [0, 0.1) is 0 Å². The smallest absolute Gasteiger partial charge is 0.330 e. The van der Waals surface area contributed by atoms with Gasteiger partial charge in [0.05, 0.1) is 19.4 Å². The number of para-hydroxylation sites is 1. The lowest BCUT2D eigenvalue weighted by Crippen LogP contribution is -2.01. The van der Waals surface area contributed by atoms with E-state index in [1.807, 2.05) is 12.1 Å². The molecular formula is C13H21O4P. The van der Waals surface area contributed by atoms with Gasteiger partial charge in [-0.3, -0.25) is 4.57 Å². The second-order valence-electron chi connectivity index (χ2n) is 3.90. The van der Waals surface area contributed by atoms with E-state index in [-0.39, 0.29) is 5.75 Å². The van der Waals surface area contributed by atoms with Crippen molar-refractivity contribution < 1.29 is 18.7 Å². The number of benzene rings is 1. The summed E-state index contributed by atoms with van der Waals surface area (Å²) in [5.74, 6) is 0.278. The number of rotatable bonds is 8. The lowest BCUT2D eigenvalue weighted by molar-refractivity contribution is 0.220. The fraction of sp³-hybridized carbons (Fsp3) is 0.538. The summed E-state index contributed by atoms with van der Waals surface area (Å²) >= 11 is 0. The fourth-order valence-corrected chi connectivity index (χ4v) is 3.41. The number of hydrogen-bond donors (Lipinski definition) is 1. The molecule has 0 bridgehead atoms. The van der Waals surface area contributed by atoms with E-state index < -0.39 is 7.60 Å². The van der Waals surface area contributed by atoms with Gasteiger partial charge in [-0.2, -0.15) is 0 Å². The predicted octanol–water partition coefficient (Wildman–Crippen LogP) is 3.59. The Morgan fingerprint density at radius 3 is 2.33 bits per heavy atom. The van der Waals surface area contributed by atoms with E-state index in [1.54, 1.807) is 26.0 Å². The van der Waals surface area contributed by atoms with Crippen molar-refractivity contribution >= 4 is 7.60 Å². The molecule has 0 aliphatic rings. The maximum Gasteiger partial charge on any atom is 0.330 e. The van der Waals surface area contributed by atoms with Gasteiger partial charge in [0, 0.05) is 0 Å². The first-order valence-corrected chi connectivity index (χ1v) is 7.99. The molecule has 0 amide bonds. The van der Waals surface area contributed by atoms with Crippen LogP contribution < -0.4 is 0 Å². The number of phenols is 1. The third-order valence-corrected chi connectivity index (χ3v) is 4.69. The Labute approximate surface area is 108 Å². The number of hydrogen-bond acceptors (Lipinski definition) is 4. The van der Waals surface area contributed by atoms with E-state index in [1.165, 1.54) is 0 Å². The van der Waals surface area contributed by atoms with Crippen LogP contribution in [0.2, 0.25) is 0 Å². The minimum Gasteiger partial charge on any atom is -0.508 e. The lowest BCUT2D eigenvalue weighted by atomic mass is 10.1. The van der Waals surface area contributed by atoms with Gasteiger partial charge in [0.1, 0.15) is 5.75 Å². The zero-order chi connectivity index (χ0) is 13.4. The molecule has 1 aromatic carbocycles. The van der Waals surface area contributed by atoms with Gasteiger partial charge in [-0.05, 0) is 38.3 Å². The van der Waals surface area contributed by atoms with E-state index in [9.17, 15) is 9.67 Å². The standard InChI is InChI=1S/C13H21O4P/c1-3-16-18(15,17-4-2)11-7-9-12-8-5-6-10-13(12)14/h5-6,8,10,14H,3-4,7,9,11H2,1-2H3. The van der Waals surface area contributed by atoms with E-state index in [2.05, 4.69) is 0 Å². The maximum absolute atomic E-state index is 12.2. The largest absolute Gasteiger partial charge is 0.508 e. The average molecular weight is 272 g/mol. The van der Waals surface area contributed by atoms with Crippen LogP contribution in [0.1, 0.15) is 25.8 Å². The van der Waals surface area contributed by atoms with Crippen molar-refractivity contribution in [3.63, 3.8) is 0 Å². The molecule has 5 heteroatoms. The molecule has 0 atom stereocenters. The molecule has 0 radical (unpaired) electrons. The Morgan fingerprint density at radius 2 is 1.78 bits per heavy atom. The number of phenolic OH excluding ortho intramolecular Hbond substituents is 1. The second-order valence-corrected chi connectivity index (χ2v) is 6.09. The summed E-state index contributed by atoms with van der Waals surface area (Å²) in [5.41, 5.74) is 0.858. The van der Waals surface area contributed by atoms with Crippen LogP contribution in [0.5, 0.6) is 5.75 Å². The molecule has 18 heavy (non-hydrogen) atoms. The van der Waals surface area contributed by atoms with Crippen LogP contribution in [0.25, 0.3) is 0 Å². The molecule has 0 unspecified atom stereocenters. The first-order valence-electron chi connectivity index (χ1n) is 6.26. The monoisotopic (exact) mass is 272 g/mol. The highest BCUT2D eigenvalue weighted by Gasteiger charge is 2.22. The van der Waals surface area contributed by atoms with Crippen LogP contribution >= 0.6 is 7.60 Å². The van der Waals surface area contributed by atoms with Crippen molar-refractivity contribution in [1.82, 2.24) is 0 Å². The van der Waals surface area contributed by atoms with Gasteiger partial charge in [0.25, 0.3) is 0 Å². The normalized spacial score (nSPS) is 11.7. The van der Waals surface area contributed by atoms with Gasteiger partial charge >= 0.3 is 7.60 Å². The van der Waals surface area contributed by atoms with Crippen LogP contribution in [0.15, 0.2) is 24.3 Å². The molecule has 1 aromatic rings. The molecule has 1 N–H and O–H groups in total. The van der Waals surface area contributed by atoms with Crippen LogP contribution in [-0.4, -0.2) is 24.5 Å². The predicted molar refractivity (Wildman–Crippen MR) is 72.2 cm³/mol. The molecule has 0 aliphatic carbocycles. The Kier molecular flexibility index (Phi) is 6.41. The number of aryl methyl sites for hydroxylation is 1. The topological polar surface area (TPSA) is 55.8 Å². The summed E-state index contributed by atoms with van der Waals surface area (Å²) in [5, 5.41) is 9.62. The van der Waals surface area contributed by atoms with Crippen LogP contribution in [-0.2, 0) is 20.0 Å². The Morgan fingerprint density at radius 1 is 1.17 bits per heavy atom. The quantitative estimate of drug-likeness (QED) is 0.735. The zero-order valence-electron chi connectivity index (χ0n) is 11.0. The van der Waals surface area contributed by atoms with Crippen molar-refractivity contribution in [3.8, 4) is 5.75 Å². The van der Waals surface area contributed by atoms with Gasteiger partial charge in [-0.25, -0.2) is 0 Å². The molecule has 0 spiro atoms. The summed E-state index contributed by atoms with van der Waals surface area (Å²) in [7, 11) is -2.95. The van der Waals surface area contributed by atoms with Crippen LogP contribution in [0.4, 0.5) is 0 Å². The molecule has 0 aromatic heterocycles. The highest BCUT2D eigenvalue weighted by molar-refractivity contribution is 7.53. The molecule has 4 nitrogen and oxygen atoms in total. The molecule has 0 heterocycles. The molecular weight excluding hydrogens is 251 g/mol. The highest BCUT2D eigenvalue weighted by Crippen LogP contribution is 2.48. The number of aromatic hydroxyl groups is 1. The zero-order valence-corrected chi connectivity index (χ0v) is 11.9. The molecule has 0 aliphatic heterocycles. The maximum atomic E-state index is 12.2. The third-order valence-electron chi connectivity index (χ3n) is 2.52. The van der Waals surface area contributed by atoms with Crippen molar-refractivity contribution in [2.75, 3.05) is 19.4 Å². The summed E-state index contributed by atoms with van der Waals surface area (Å²) in [6.45, 7) is 4.37. The van der Waals surface area contributed by atoms with E-state index in [4.69, 9.17) is 9.05 Å². The van der Waals surface area contributed by atoms with Gasteiger partial charge < -0.3 is 14.2 Å². The van der Waals surface area contributed by atoms with Crippen molar-refractivity contribution in [3.05, 3.63) is 29.8 Å².